The number of hydrogen-bond acceptors (Lipinski definition) is 4. The van der Waals surface area contributed by atoms with Gasteiger partial charge in [0.1, 0.15) is 16.4 Å². The van der Waals surface area contributed by atoms with Gasteiger partial charge in [0.05, 0.1) is 0 Å². The summed E-state index contributed by atoms with van der Waals surface area (Å²) in [6.45, 7) is 0. The fourth-order valence-electron chi connectivity index (χ4n) is 3.74. The quantitative estimate of drug-likeness (QED) is 0.586. The monoisotopic (exact) mass is 378 g/mol. The SMILES string of the molecule is O=c1oc(-c2ccccc2)cc(O)c1Sc1ccccc1C1CCCCC1. The van der Waals surface area contributed by atoms with Crippen LogP contribution in [0.5, 0.6) is 5.75 Å². The lowest BCUT2D eigenvalue weighted by molar-refractivity contribution is 0.430. The molecule has 0 unspecified atom stereocenters. The maximum atomic E-state index is 12.6. The van der Waals surface area contributed by atoms with E-state index in [2.05, 4.69) is 12.1 Å². The fourth-order valence-corrected chi connectivity index (χ4v) is 4.75. The van der Waals surface area contributed by atoms with Crippen LogP contribution in [0.4, 0.5) is 0 Å². The molecule has 0 amide bonds. The Hall–Kier alpha value is -2.46. The highest BCUT2D eigenvalue weighted by Crippen LogP contribution is 2.41. The number of rotatable bonds is 4. The van der Waals surface area contributed by atoms with E-state index < -0.39 is 5.63 Å². The minimum absolute atomic E-state index is 0.0337. The number of aromatic hydroxyl groups is 1. The van der Waals surface area contributed by atoms with Crippen molar-refractivity contribution in [3.05, 3.63) is 76.6 Å². The van der Waals surface area contributed by atoms with Crippen LogP contribution in [0, 0.1) is 0 Å². The zero-order valence-electron chi connectivity index (χ0n) is 15.1. The van der Waals surface area contributed by atoms with E-state index in [-0.39, 0.29) is 10.6 Å². The van der Waals surface area contributed by atoms with Gasteiger partial charge in [-0.2, -0.15) is 0 Å². The summed E-state index contributed by atoms with van der Waals surface area (Å²) in [5.41, 5.74) is 1.54. The van der Waals surface area contributed by atoms with Crippen LogP contribution in [-0.4, -0.2) is 5.11 Å². The molecule has 1 fully saturated rings. The topological polar surface area (TPSA) is 50.4 Å². The zero-order chi connectivity index (χ0) is 18.6. The summed E-state index contributed by atoms with van der Waals surface area (Å²) in [5.74, 6) is 0.872. The zero-order valence-corrected chi connectivity index (χ0v) is 15.9. The molecule has 27 heavy (non-hydrogen) atoms. The van der Waals surface area contributed by atoms with Crippen molar-refractivity contribution in [2.45, 2.75) is 47.8 Å². The lowest BCUT2D eigenvalue weighted by atomic mass is 9.84. The molecule has 3 aromatic rings. The minimum atomic E-state index is -0.502. The molecule has 0 atom stereocenters. The molecule has 0 bridgehead atoms. The molecule has 0 aliphatic heterocycles. The van der Waals surface area contributed by atoms with Crippen LogP contribution >= 0.6 is 11.8 Å². The Balaban J connectivity index is 1.67. The summed E-state index contributed by atoms with van der Waals surface area (Å²) in [6, 6.07) is 19.1. The number of hydrogen-bond donors (Lipinski definition) is 1. The first-order valence-electron chi connectivity index (χ1n) is 9.41. The van der Waals surface area contributed by atoms with Crippen molar-refractivity contribution < 1.29 is 9.52 Å². The molecule has 4 rings (SSSR count). The normalized spacial score (nSPS) is 15.0. The van der Waals surface area contributed by atoms with Crippen molar-refractivity contribution >= 4 is 11.8 Å². The van der Waals surface area contributed by atoms with Gasteiger partial charge in [-0.3, -0.25) is 0 Å². The summed E-state index contributed by atoms with van der Waals surface area (Å²) >= 11 is 1.31. The third-order valence-corrected chi connectivity index (χ3v) is 6.29. The van der Waals surface area contributed by atoms with Crippen molar-refractivity contribution in [2.75, 3.05) is 0 Å². The van der Waals surface area contributed by atoms with Crippen molar-refractivity contribution in [3.8, 4) is 17.1 Å². The molecule has 4 heteroatoms. The number of benzene rings is 2. The summed E-state index contributed by atoms with van der Waals surface area (Å²) < 4.78 is 5.50. The Kier molecular flexibility index (Phi) is 5.35. The van der Waals surface area contributed by atoms with Gasteiger partial charge in [-0.1, -0.05) is 79.6 Å². The van der Waals surface area contributed by atoms with E-state index in [1.54, 1.807) is 0 Å². The Labute approximate surface area is 163 Å². The summed E-state index contributed by atoms with van der Waals surface area (Å²) in [4.78, 5) is 13.9. The maximum absolute atomic E-state index is 12.6. The molecule has 1 heterocycles. The van der Waals surface area contributed by atoms with E-state index in [1.807, 2.05) is 42.5 Å². The predicted molar refractivity (Wildman–Crippen MR) is 108 cm³/mol. The van der Waals surface area contributed by atoms with E-state index in [9.17, 15) is 9.90 Å². The molecular formula is C23H22O3S. The summed E-state index contributed by atoms with van der Waals surface area (Å²) in [5, 5.41) is 10.5. The Morgan fingerprint density at radius 1 is 0.926 bits per heavy atom. The van der Waals surface area contributed by atoms with Gasteiger partial charge in [-0.25, -0.2) is 4.79 Å². The third-order valence-electron chi connectivity index (χ3n) is 5.12. The lowest BCUT2D eigenvalue weighted by Crippen LogP contribution is -2.07. The van der Waals surface area contributed by atoms with E-state index >= 15 is 0 Å². The van der Waals surface area contributed by atoms with Gasteiger partial charge in [0, 0.05) is 16.5 Å². The Morgan fingerprint density at radius 3 is 2.37 bits per heavy atom. The van der Waals surface area contributed by atoms with Gasteiger partial charge >= 0.3 is 5.63 Å². The molecule has 1 saturated carbocycles. The first kappa shape index (κ1) is 17.9. The molecule has 0 saturated heterocycles. The summed E-state index contributed by atoms with van der Waals surface area (Å²) in [7, 11) is 0. The van der Waals surface area contributed by atoms with Gasteiger partial charge in [-0.15, -0.1) is 0 Å². The summed E-state index contributed by atoms with van der Waals surface area (Å²) in [6.07, 6.45) is 6.18. The molecule has 1 aromatic heterocycles. The Bertz CT molecular complexity index is 972. The second kappa shape index (κ2) is 8.05. The van der Waals surface area contributed by atoms with Crippen LogP contribution in [0.3, 0.4) is 0 Å². The van der Waals surface area contributed by atoms with Crippen LogP contribution in [0.15, 0.2) is 79.7 Å². The van der Waals surface area contributed by atoms with Gasteiger partial charge in [0.15, 0.2) is 0 Å². The van der Waals surface area contributed by atoms with Crippen LogP contribution in [0.25, 0.3) is 11.3 Å². The molecule has 0 spiro atoms. The minimum Gasteiger partial charge on any atom is -0.506 e. The molecule has 2 aromatic carbocycles. The molecule has 138 valence electrons. The fraction of sp³-hybridized carbons (Fsp3) is 0.261. The van der Waals surface area contributed by atoms with Gasteiger partial charge in [-0.05, 0) is 30.4 Å². The highest BCUT2D eigenvalue weighted by Gasteiger charge is 2.21. The smallest absolute Gasteiger partial charge is 0.354 e. The highest BCUT2D eigenvalue weighted by atomic mass is 32.2. The molecule has 1 aliphatic rings. The first-order valence-corrected chi connectivity index (χ1v) is 10.2. The largest absolute Gasteiger partial charge is 0.506 e. The van der Waals surface area contributed by atoms with E-state index in [1.165, 1.54) is 55.5 Å². The lowest BCUT2D eigenvalue weighted by Gasteiger charge is -2.24. The Morgan fingerprint density at radius 2 is 1.63 bits per heavy atom. The average molecular weight is 378 g/mol. The standard InChI is InChI=1S/C23H22O3S/c24-19-15-20(17-11-5-2-6-12-17)26-23(25)22(19)27-21-14-8-7-13-18(21)16-9-3-1-4-10-16/h2,5-8,11-16,24H,1,3-4,9-10H2. The van der Waals surface area contributed by atoms with Crippen LogP contribution in [0.1, 0.15) is 43.6 Å². The van der Waals surface area contributed by atoms with Crippen LogP contribution in [0.2, 0.25) is 0 Å². The second-order valence-electron chi connectivity index (χ2n) is 6.95. The van der Waals surface area contributed by atoms with Crippen molar-refractivity contribution in [2.24, 2.45) is 0 Å². The van der Waals surface area contributed by atoms with Crippen LogP contribution in [-0.2, 0) is 0 Å². The van der Waals surface area contributed by atoms with Crippen LogP contribution < -0.4 is 5.63 Å². The van der Waals surface area contributed by atoms with Crippen molar-refractivity contribution in [1.82, 2.24) is 0 Å². The van der Waals surface area contributed by atoms with E-state index in [0.29, 0.717) is 11.7 Å². The second-order valence-corrected chi connectivity index (χ2v) is 8.01. The molecule has 3 nitrogen and oxygen atoms in total. The predicted octanol–water partition coefficient (Wildman–Crippen LogP) is 6.21. The van der Waals surface area contributed by atoms with Crippen molar-refractivity contribution in [3.63, 3.8) is 0 Å². The highest BCUT2D eigenvalue weighted by molar-refractivity contribution is 7.99. The average Bonchev–Trinajstić information content (AvgIpc) is 2.72. The molecule has 1 N–H and O–H groups in total. The van der Waals surface area contributed by atoms with E-state index in [0.717, 1.165) is 10.5 Å². The molecule has 0 radical (unpaired) electrons. The molecular weight excluding hydrogens is 356 g/mol. The first-order chi connectivity index (χ1) is 13.2. The van der Waals surface area contributed by atoms with Gasteiger partial charge in [0.25, 0.3) is 0 Å². The van der Waals surface area contributed by atoms with E-state index in [4.69, 9.17) is 4.42 Å². The van der Waals surface area contributed by atoms with Crippen molar-refractivity contribution in [1.29, 1.82) is 0 Å². The maximum Gasteiger partial charge on any atom is 0.354 e. The molecule has 1 aliphatic carbocycles. The van der Waals surface area contributed by atoms with Gasteiger partial charge in [0.2, 0.25) is 0 Å². The third kappa shape index (κ3) is 3.96. The van der Waals surface area contributed by atoms with Gasteiger partial charge < -0.3 is 9.52 Å².